The van der Waals surface area contributed by atoms with Crippen molar-refractivity contribution in [3.63, 3.8) is 0 Å². The molecule has 0 fully saturated rings. The minimum absolute atomic E-state index is 0.0142. The molecule has 0 aliphatic carbocycles. The zero-order valence-corrected chi connectivity index (χ0v) is 15.1. The van der Waals surface area contributed by atoms with E-state index in [1.54, 1.807) is 22.7 Å². The number of benzene rings is 1. The molecule has 134 valence electrons. The van der Waals surface area contributed by atoms with E-state index in [0.29, 0.717) is 12.3 Å². The van der Waals surface area contributed by atoms with E-state index in [1.165, 1.54) is 11.3 Å². The first-order valence-electron chi connectivity index (χ1n) is 7.92. The molecule has 0 aliphatic rings. The molecule has 2 heterocycles. The largest absolute Gasteiger partial charge is 0.488 e. The summed E-state index contributed by atoms with van der Waals surface area (Å²) in [5, 5.41) is 8.46. The minimum atomic E-state index is -2.48. The average Bonchev–Trinajstić information content (AvgIpc) is 3.09. The van der Waals surface area contributed by atoms with Crippen LogP contribution in [-0.4, -0.2) is 27.6 Å². The summed E-state index contributed by atoms with van der Waals surface area (Å²) in [6, 6.07) is 7.09. The van der Waals surface area contributed by atoms with E-state index in [4.69, 9.17) is 4.74 Å². The standard InChI is InChI=1S/C17H20F2N4OS/c1-17(2,3)13-9-23-16(21-13)25-15(22-23)20-8-11-5-4-6-12(7-11)24-10-14(18)19/h4-7,9,14H,8,10H2,1-3H3,(H,20,22). The summed E-state index contributed by atoms with van der Waals surface area (Å²) >= 11 is 1.47. The van der Waals surface area contributed by atoms with Crippen molar-refractivity contribution < 1.29 is 13.5 Å². The maximum absolute atomic E-state index is 12.2. The Balaban J connectivity index is 1.64. The molecule has 0 spiro atoms. The highest BCUT2D eigenvalue weighted by molar-refractivity contribution is 7.20. The Morgan fingerprint density at radius 2 is 2.12 bits per heavy atom. The van der Waals surface area contributed by atoms with Crippen molar-refractivity contribution in [3.8, 4) is 5.75 Å². The summed E-state index contributed by atoms with van der Waals surface area (Å²) in [6.07, 6.45) is -0.540. The normalized spacial score (nSPS) is 12.1. The minimum Gasteiger partial charge on any atom is -0.488 e. The molecule has 25 heavy (non-hydrogen) atoms. The van der Waals surface area contributed by atoms with Crippen LogP contribution >= 0.6 is 11.3 Å². The predicted octanol–water partition coefficient (Wildman–Crippen LogP) is 4.34. The van der Waals surface area contributed by atoms with E-state index < -0.39 is 13.0 Å². The van der Waals surface area contributed by atoms with Crippen LogP contribution in [0.5, 0.6) is 5.75 Å². The fraction of sp³-hybridized carbons (Fsp3) is 0.412. The van der Waals surface area contributed by atoms with Crippen molar-refractivity contribution in [1.29, 1.82) is 0 Å². The molecule has 0 unspecified atom stereocenters. The Bertz CT molecular complexity index is 822. The highest BCUT2D eigenvalue weighted by atomic mass is 32.1. The second-order valence-corrected chi connectivity index (χ2v) is 7.67. The van der Waals surface area contributed by atoms with Crippen LogP contribution < -0.4 is 10.1 Å². The quantitative estimate of drug-likeness (QED) is 0.705. The first-order valence-corrected chi connectivity index (χ1v) is 8.73. The SMILES string of the molecule is CC(C)(C)c1cn2nc(NCc3cccc(OCC(F)F)c3)sc2n1. The van der Waals surface area contributed by atoms with Crippen molar-refractivity contribution in [2.24, 2.45) is 0 Å². The molecule has 0 saturated carbocycles. The van der Waals surface area contributed by atoms with Crippen molar-refractivity contribution in [3.05, 3.63) is 41.7 Å². The molecule has 3 aromatic rings. The lowest BCUT2D eigenvalue weighted by molar-refractivity contribution is 0.0818. The van der Waals surface area contributed by atoms with Crippen LogP contribution in [-0.2, 0) is 12.0 Å². The maximum Gasteiger partial charge on any atom is 0.272 e. The van der Waals surface area contributed by atoms with Crippen molar-refractivity contribution >= 4 is 21.4 Å². The Kier molecular flexibility index (Phi) is 4.89. The number of halogens is 2. The number of aromatic nitrogens is 3. The van der Waals surface area contributed by atoms with Crippen molar-refractivity contribution in [1.82, 2.24) is 14.6 Å². The molecule has 0 radical (unpaired) electrons. The molecule has 0 saturated heterocycles. The van der Waals surface area contributed by atoms with Gasteiger partial charge >= 0.3 is 0 Å². The van der Waals surface area contributed by atoms with Gasteiger partial charge in [0.05, 0.1) is 11.9 Å². The van der Waals surface area contributed by atoms with Crippen LogP contribution in [0.4, 0.5) is 13.9 Å². The third-order valence-corrected chi connectivity index (χ3v) is 4.41. The number of alkyl halides is 2. The Morgan fingerprint density at radius 3 is 2.80 bits per heavy atom. The average molecular weight is 366 g/mol. The van der Waals surface area contributed by atoms with Crippen LogP contribution in [0.2, 0.25) is 0 Å². The van der Waals surface area contributed by atoms with Gasteiger partial charge in [-0.2, -0.15) is 0 Å². The van der Waals surface area contributed by atoms with Crippen LogP contribution in [0, 0.1) is 0 Å². The van der Waals surface area contributed by atoms with E-state index in [0.717, 1.165) is 21.3 Å². The van der Waals surface area contributed by atoms with E-state index in [9.17, 15) is 8.78 Å². The summed E-state index contributed by atoms with van der Waals surface area (Å²) in [4.78, 5) is 5.44. The van der Waals surface area contributed by atoms with Crippen LogP contribution in [0.1, 0.15) is 32.0 Å². The Morgan fingerprint density at radius 1 is 1.32 bits per heavy atom. The number of imidazole rings is 1. The number of ether oxygens (including phenoxy) is 1. The lowest BCUT2D eigenvalue weighted by Gasteiger charge is -2.13. The van der Waals surface area contributed by atoms with Gasteiger partial charge in [-0.1, -0.05) is 44.2 Å². The number of hydrogen-bond acceptors (Lipinski definition) is 5. The number of fused-ring (bicyclic) bond motifs is 1. The van der Waals surface area contributed by atoms with E-state index in [1.807, 2.05) is 12.3 Å². The molecule has 1 N–H and O–H groups in total. The summed E-state index contributed by atoms with van der Waals surface area (Å²) < 4.78 is 31.2. The van der Waals surface area contributed by atoms with Crippen LogP contribution in [0.3, 0.4) is 0 Å². The molecule has 0 atom stereocenters. The molecular formula is C17H20F2N4OS. The lowest BCUT2D eigenvalue weighted by atomic mass is 9.93. The van der Waals surface area contributed by atoms with E-state index in [-0.39, 0.29) is 5.41 Å². The van der Waals surface area contributed by atoms with Gasteiger partial charge in [0.2, 0.25) is 10.1 Å². The van der Waals surface area contributed by atoms with Gasteiger partial charge < -0.3 is 10.1 Å². The zero-order valence-electron chi connectivity index (χ0n) is 14.3. The summed E-state index contributed by atoms with van der Waals surface area (Å²) in [7, 11) is 0. The fourth-order valence-electron chi connectivity index (χ4n) is 2.22. The second-order valence-electron chi connectivity index (χ2n) is 6.71. The molecule has 1 aromatic carbocycles. The number of hydrogen-bond donors (Lipinski definition) is 1. The zero-order chi connectivity index (χ0) is 18.0. The summed E-state index contributed by atoms with van der Waals surface area (Å²) in [5.74, 6) is 0.434. The molecule has 2 aromatic heterocycles. The first kappa shape index (κ1) is 17.6. The molecule has 5 nitrogen and oxygen atoms in total. The van der Waals surface area contributed by atoms with Crippen LogP contribution in [0.15, 0.2) is 30.5 Å². The molecular weight excluding hydrogens is 346 g/mol. The van der Waals surface area contributed by atoms with Gasteiger partial charge in [-0.25, -0.2) is 18.3 Å². The third kappa shape index (κ3) is 4.45. The lowest BCUT2D eigenvalue weighted by Crippen LogP contribution is -2.11. The van der Waals surface area contributed by atoms with Gasteiger partial charge in [-0.3, -0.25) is 0 Å². The first-order chi connectivity index (χ1) is 11.8. The maximum atomic E-state index is 12.2. The smallest absolute Gasteiger partial charge is 0.272 e. The number of nitrogens with one attached hydrogen (secondary N) is 1. The van der Waals surface area contributed by atoms with Gasteiger partial charge in [0.1, 0.15) is 12.4 Å². The highest BCUT2D eigenvalue weighted by Gasteiger charge is 2.19. The summed E-state index contributed by atoms with van der Waals surface area (Å²) in [5.41, 5.74) is 1.91. The fourth-order valence-corrected chi connectivity index (χ4v) is 2.99. The number of rotatable bonds is 6. The van der Waals surface area contributed by atoms with Gasteiger partial charge in [-0.05, 0) is 17.7 Å². The predicted molar refractivity (Wildman–Crippen MR) is 94.8 cm³/mol. The molecule has 8 heteroatoms. The van der Waals surface area contributed by atoms with Crippen molar-refractivity contribution in [2.45, 2.75) is 39.2 Å². The Hall–Kier alpha value is -2.22. The Labute approximate surface area is 148 Å². The number of nitrogens with zero attached hydrogens (tertiary/aromatic N) is 3. The second kappa shape index (κ2) is 6.95. The summed E-state index contributed by atoms with van der Waals surface area (Å²) in [6.45, 7) is 6.26. The third-order valence-electron chi connectivity index (χ3n) is 3.53. The van der Waals surface area contributed by atoms with Gasteiger partial charge in [0.25, 0.3) is 6.43 Å². The van der Waals surface area contributed by atoms with Gasteiger partial charge in [-0.15, -0.1) is 5.10 Å². The monoisotopic (exact) mass is 366 g/mol. The topological polar surface area (TPSA) is 51.5 Å². The van der Waals surface area contributed by atoms with E-state index in [2.05, 4.69) is 36.2 Å². The van der Waals surface area contributed by atoms with E-state index >= 15 is 0 Å². The van der Waals surface area contributed by atoms with Gasteiger partial charge in [0, 0.05) is 12.0 Å². The van der Waals surface area contributed by atoms with Gasteiger partial charge in [0.15, 0.2) is 0 Å². The van der Waals surface area contributed by atoms with Crippen LogP contribution in [0.25, 0.3) is 4.96 Å². The molecule has 0 amide bonds. The van der Waals surface area contributed by atoms with Crippen molar-refractivity contribution in [2.75, 3.05) is 11.9 Å². The molecule has 0 aliphatic heterocycles. The molecule has 0 bridgehead atoms. The number of anilines is 1. The highest BCUT2D eigenvalue weighted by Crippen LogP contribution is 2.26. The molecule has 3 rings (SSSR count).